The molecule has 0 aliphatic heterocycles. The predicted octanol–water partition coefficient (Wildman–Crippen LogP) is 3.51. The van der Waals surface area contributed by atoms with Crippen molar-refractivity contribution in [2.75, 3.05) is 13.7 Å². The first kappa shape index (κ1) is 16.7. The van der Waals surface area contributed by atoms with E-state index in [2.05, 4.69) is 5.32 Å². The summed E-state index contributed by atoms with van der Waals surface area (Å²) in [5.41, 5.74) is 0. The number of nitrogens with one attached hydrogen (secondary N) is 1. The van der Waals surface area contributed by atoms with Crippen LogP contribution in [0.1, 0.15) is 46.0 Å². The number of ether oxygens (including phenoxy) is 1. The van der Waals surface area contributed by atoms with Crippen LogP contribution in [0.4, 0.5) is 13.2 Å². The van der Waals surface area contributed by atoms with Gasteiger partial charge in [0.05, 0.1) is 6.10 Å². The monoisotopic (exact) mass is 255 g/mol. The zero-order valence-electron chi connectivity index (χ0n) is 10.9. The van der Waals surface area contributed by atoms with Crippen LogP contribution in [-0.2, 0) is 4.74 Å². The Hall–Kier alpha value is -0.290. The third-order valence-corrected chi connectivity index (χ3v) is 2.72. The van der Waals surface area contributed by atoms with E-state index in [1.807, 2.05) is 13.8 Å². The van der Waals surface area contributed by atoms with Crippen LogP contribution >= 0.6 is 0 Å². The van der Waals surface area contributed by atoms with Gasteiger partial charge in [0, 0.05) is 19.6 Å². The molecule has 0 saturated carbocycles. The van der Waals surface area contributed by atoms with Crippen LogP contribution in [0.25, 0.3) is 0 Å². The van der Waals surface area contributed by atoms with Crippen molar-refractivity contribution >= 4 is 0 Å². The van der Waals surface area contributed by atoms with Crippen molar-refractivity contribution in [2.45, 2.75) is 64.3 Å². The summed E-state index contributed by atoms with van der Waals surface area (Å²) in [4.78, 5) is 0. The molecular formula is C12H24F3NO. The summed E-state index contributed by atoms with van der Waals surface area (Å²) in [6.07, 6.45) is -2.28. The fraction of sp³-hybridized carbons (Fsp3) is 1.00. The molecule has 0 aliphatic carbocycles. The molecule has 0 aromatic carbocycles. The van der Waals surface area contributed by atoms with Crippen molar-refractivity contribution < 1.29 is 17.9 Å². The topological polar surface area (TPSA) is 21.3 Å². The van der Waals surface area contributed by atoms with E-state index in [0.29, 0.717) is 0 Å². The highest BCUT2D eigenvalue weighted by Crippen LogP contribution is 2.24. The van der Waals surface area contributed by atoms with Crippen LogP contribution in [0.5, 0.6) is 0 Å². The van der Waals surface area contributed by atoms with Gasteiger partial charge in [-0.25, -0.2) is 0 Å². The zero-order valence-corrected chi connectivity index (χ0v) is 10.9. The summed E-state index contributed by atoms with van der Waals surface area (Å²) >= 11 is 0. The molecule has 0 aromatic heterocycles. The fourth-order valence-electron chi connectivity index (χ4n) is 1.84. The minimum atomic E-state index is -4.09. The SMILES string of the molecule is CCCNC(CCC(F)(F)F)C(CCC)OC. The fourth-order valence-corrected chi connectivity index (χ4v) is 1.84. The minimum absolute atomic E-state index is 0.0853. The van der Waals surface area contributed by atoms with Gasteiger partial charge >= 0.3 is 6.18 Å². The average Bonchev–Trinajstić information content (AvgIpc) is 2.25. The molecule has 2 atom stereocenters. The van der Waals surface area contributed by atoms with E-state index >= 15 is 0 Å². The molecular weight excluding hydrogens is 231 g/mol. The van der Waals surface area contributed by atoms with E-state index in [9.17, 15) is 13.2 Å². The van der Waals surface area contributed by atoms with Gasteiger partial charge in [0.2, 0.25) is 0 Å². The first-order chi connectivity index (χ1) is 7.94. The Morgan fingerprint density at radius 3 is 2.18 bits per heavy atom. The molecule has 0 heterocycles. The molecule has 0 radical (unpaired) electrons. The molecule has 17 heavy (non-hydrogen) atoms. The van der Waals surface area contributed by atoms with E-state index in [1.165, 1.54) is 0 Å². The maximum atomic E-state index is 12.2. The van der Waals surface area contributed by atoms with Crippen molar-refractivity contribution in [3.63, 3.8) is 0 Å². The standard InChI is InChI=1S/C12H24F3NO/c1-4-6-11(17-3)10(16-9-5-2)7-8-12(13,14)15/h10-11,16H,4-9H2,1-3H3. The number of alkyl halides is 3. The summed E-state index contributed by atoms with van der Waals surface area (Å²) in [6.45, 7) is 4.73. The predicted molar refractivity (Wildman–Crippen MR) is 63.1 cm³/mol. The quantitative estimate of drug-likeness (QED) is 0.680. The number of halogens is 3. The highest BCUT2D eigenvalue weighted by Gasteiger charge is 2.30. The van der Waals surface area contributed by atoms with Crippen molar-refractivity contribution in [1.82, 2.24) is 5.32 Å². The molecule has 0 aliphatic rings. The Bertz CT molecular complexity index is 185. The summed E-state index contributed by atoms with van der Waals surface area (Å²) in [7, 11) is 1.56. The third-order valence-electron chi connectivity index (χ3n) is 2.72. The summed E-state index contributed by atoms with van der Waals surface area (Å²) in [5.74, 6) is 0. The van der Waals surface area contributed by atoms with Gasteiger partial charge in [-0.1, -0.05) is 20.3 Å². The van der Waals surface area contributed by atoms with Gasteiger partial charge in [-0.2, -0.15) is 13.2 Å². The molecule has 0 saturated heterocycles. The van der Waals surface area contributed by atoms with E-state index < -0.39 is 12.6 Å². The summed E-state index contributed by atoms with van der Waals surface area (Å²) in [5, 5.41) is 3.15. The van der Waals surface area contributed by atoms with Gasteiger partial charge in [-0.05, 0) is 25.8 Å². The van der Waals surface area contributed by atoms with Gasteiger partial charge in [-0.15, -0.1) is 0 Å². The molecule has 2 nitrogen and oxygen atoms in total. The molecule has 0 spiro atoms. The molecule has 0 amide bonds. The van der Waals surface area contributed by atoms with Crippen molar-refractivity contribution in [2.24, 2.45) is 0 Å². The Kier molecular flexibility index (Phi) is 8.60. The minimum Gasteiger partial charge on any atom is -0.380 e. The highest BCUT2D eigenvalue weighted by molar-refractivity contribution is 4.78. The van der Waals surface area contributed by atoms with Gasteiger partial charge in [0.25, 0.3) is 0 Å². The van der Waals surface area contributed by atoms with Crippen LogP contribution in [0.15, 0.2) is 0 Å². The Morgan fingerprint density at radius 2 is 1.76 bits per heavy atom. The molecule has 0 fully saturated rings. The van der Waals surface area contributed by atoms with Gasteiger partial charge in [0.1, 0.15) is 0 Å². The lowest BCUT2D eigenvalue weighted by Gasteiger charge is -2.27. The van der Waals surface area contributed by atoms with E-state index in [-0.39, 0.29) is 18.6 Å². The van der Waals surface area contributed by atoms with Crippen molar-refractivity contribution in [1.29, 1.82) is 0 Å². The molecule has 0 bridgehead atoms. The second-order valence-corrected chi connectivity index (χ2v) is 4.28. The zero-order chi connectivity index (χ0) is 13.3. The number of hydrogen-bond donors (Lipinski definition) is 1. The maximum Gasteiger partial charge on any atom is 0.389 e. The normalized spacial score (nSPS) is 15.9. The summed E-state index contributed by atoms with van der Waals surface area (Å²) < 4.78 is 42.0. The Labute approximate surface area is 102 Å². The van der Waals surface area contributed by atoms with Crippen LogP contribution in [0, 0.1) is 0 Å². The van der Waals surface area contributed by atoms with Crippen LogP contribution in [0.3, 0.4) is 0 Å². The lowest BCUT2D eigenvalue weighted by molar-refractivity contribution is -0.138. The Balaban J connectivity index is 4.28. The molecule has 5 heteroatoms. The van der Waals surface area contributed by atoms with Gasteiger partial charge < -0.3 is 10.1 Å². The lowest BCUT2D eigenvalue weighted by atomic mass is 10.0. The Morgan fingerprint density at radius 1 is 1.12 bits per heavy atom. The second kappa shape index (κ2) is 8.75. The van der Waals surface area contributed by atoms with Crippen LogP contribution < -0.4 is 5.32 Å². The third kappa shape index (κ3) is 8.44. The molecule has 0 rings (SSSR count). The molecule has 104 valence electrons. The van der Waals surface area contributed by atoms with E-state index in [4.69, 9.17) is 4.74 Å². The molecule has 1 N–H and O–H groups in total. The smallest absolute Gasteiger partial charge is 0.380 e. The number of methoxy groups -OCH3 is 1. The second-order valence-electron chi connectivity index (χ2n) is 4.28. The van der Waals surface area contributed by atoms with Crippen LogP contribution in [0.2, 0.25) is 0 Å². The first-order valence-electron chi connectivity index (χ1n) is 6.27. The highest BCUT2D eigenvalue weighted by atomic mass is 19.4. The first-order valence-corrected chi connectivity index (χ1v) is 6.27. The lowest BCUT2D eigenvalue weighted by Crippen LogP contribution is -2.42. The van der Waals surface area contributed by atoms with Crippen molar-refractivity contribution in [3.05, 3.63) is 0 Å². The van der Waals surface area contributed by atoms with Gasteiger partial charge in [-0.3, -0.25) is 0 Å². The van der Waals surface area contributed by atoms with E-state index in [1.54, 1.807) is 7.11 Å². The number of hydrogen-bond acceptors (Lipinski definition) is 2. The van der Waals surface area contributed by atoms with Crippen LogP contribution in [-0.4, -0.2) is 32.0 Å². The average molecular weight is 255 g/mol. The van der Waals surface area contributed by atoms with E-state index in [0.717, 1.165) is 25.8 Å². The largest absolute Gasteiger partial charge is 0.389 e. The molecule has 0 aromatic rings. The van der Waals surface area contributed by atoms with Crippen molar-refractivity contribution in [3.8, 4) is 0 Å². The summed E-state index contributed by atoms with van der Waals surface area (Å²) in [6, 6.07) is -0.207. The maximum absolute atomic E-state index is 12.2. The number of rotatable bonds is 9. The van der Waals surface area contributed by atoms with Gasteiger partial charge in [0.15, 0.2) is 0 Å². The molecule has 2 unspecified atom stereocenters.